The van der Waals surface area contributed by atoms with E-state index < -0.39 is 10.0 Å². The van der Waals surface area contributed by atoms with Gasteiger partial charge in [-0.2, -0.15) is 11.8 Å². The number of thioether (sulfide) groups is 1. The number of hydrogen-bond donors (Lipinski definition) is 3. The minimum Gasteiger partial charge on any atom is -0.377 e. The average Bonchev–Trinajstić information content (AvgIpc) is 3.07. The van der Waals surface area contributed by atoms with Crippen molar-refractivity contribution in [3.63, 3.8) is 0 Å². The Kier molecular flexibility index (Phi) is 11.8. The highest BCUT2D eigenvalue weighted by Crippen LogP contribution is 2.27. The smallest absolute Gasteiger partial charge is 0.213 e. The number of ether oxygens (including phenoxy) is 1. The molecule has 1 saturated carbocycles. The van der Waals surface area contributed by atoms with Crippen LogP contribution in [-0.4, -0.2) is 70.5 Å². The molecule has 1 aliphatic heterocycles. The van der Waals surface area contributed by atoms with Crippen LogP contribution in [0.5, 0.6) is 0 Å². The summed E-state index contributed by atoms with van der Waals surface area (Å²) in [5.74, 6) is 0.705. The van der Waals surface area contributed by atoms with E-state index in [0.29, 0.717) is 30.3 Å². The van der Waals surface area contributed by atoms with Crippen molar-refractivity contribution in [3.8, 4) is 0 Å². The molecule has 0 aromatic carbocycles. The molecule has 0 aromatic rings. The highest BCUT2D eigenvalue weighted by molar-refractivity contribution is 14.0. The van der Waals surface area contributed by atoms with Gasteiger partial charge >= 0.3 is 0 Å². The Labute approximate surface area is 179 Å². The van der Waals surface area contributed by atoms with Crippen molar-refractivity contribution < 1.29 is 13.2 Å². The van der Waals surface area contributed by atoms with Gasteiger partial charge in [0.05, 0.1) is 11.9 Å². The number of aliphatic imine (C=N–C) groups is 1. The van der Waals surface area contributed by atoms with Crippen LogP contribution in [0.3, 0.4) is 0 Å². The summed E-state index contributed by atoms with van der Waals surface area (Å²) in [5, 5.41) is 7.21. The van der Waals surface area contributed by atoms with Crippen molar-refractivity contribution in [1.82, 2.24) is 15.4 Å². The van der Waals surface area contributed by atoms with Gasteiger partial charge in [0, 0.05) is 38.0 Å². The van der Waals surface area contributed by atoms with E-state index in [-0.39, 0.29) is 35.8 Å². The second-order valence-corrected chi connectivity index (χ2v) is 9.73. The molecule has 3 unspecified atom stereocenters. The fraction of sp³-hybridized carbons (Fsp3) is 0.938. The summed E-state index contributed by atoms with van der Waals surface area (Å²) < 4.78 is 32.4. The predicted molar refractivity (Wildman–Crippen MR) is 120 cm³/mol. The van der Waals surface area contributed by atoms with Crippen LogP contribution in [0.1, 0.15) is 38.5 Å². The topological polar surface area (TPSA) is 91.8 Å². The van der Waals surface area contributed by atoms with Gasteiger partial charge < -0.3 is 15.4 Å². The summed E-state index contributed by atoms with van der Waals surface area (Å²) in [7, 11) is -1.59. The van der Waals surface area contributed by atoms with Gasteiger partial charge in [-0.25, -0.2) is 13.1 Å². The molecule has 1 aliphatic carbocycles. The SMILES string of the molecule is CN=C(NCCS(=O)(=O)NCC1CCCCO1)NC1CCC(SC)C1.I. The number of sulfonamides is 1. The van der Waals surface area contributed by atoms with E-state index in [9.17, 15) is 8.42 Å². The predicted octanol–water partition coefficient (Wildman–Crippen LogP) is 1.54. The molecule has 2 aliphatic rings. The first-order valence-corrected chi connectivity index (χ1v) is 12.1. The molecule has 2 fully saturated rings. The molecule has 0 bridgehead atoms. The van der Waals surface area contributed by atoms with E-state index in [4.69, 9.17) is 4.74 Å². The van der Waals surface area contributed by atoms with Crippen LogP contribution in [0.15, 0.2) is 4.99 Å². The average molecular weight is 521 g/mol. The lowest BCUT2D eigenvalue weighted by atomic mass is 10.1. The third-order valence-corrected chi connectivity index (χ3v) is 7.19. The van der Waals surface area contributed by atoms with Gasteiger partial charge in [-0.15, -0.1) is 24.0 Å². The van der Waals surface area contributed by atoms with Gasteiger partial charge in [0.2, 0.25) is 10.0 Å². The van der Waals surface area contributed by atoms with Crippen LogP contribution in [0, 0.1) is 0 Å². The first kappa shape index (κ1) is 24.3. The summed E-state index contributed by atoms with van der Waals surface area (Å²) in [6.45, 7) is 1.43. The van der Waals surface area contributed by atoms with E-state index in [2.05, 4.69) is 26.6 Å². The maximum absolute atomic E-state index is 12.1. The molecule has 0 spiro atoms. The largest absolute Gasteiger partial charge is 0.377 e. The molecule has 0 radical (unpaired) electrons. The summed E-state index contributed by atoms with van der Waals surface area (Å²) in [4.78, 5) is 4.19. The molecule has 0 aromatic heterocycles. The van der Waals surface area contributed by atoms with Crippen LogP contribution >= 0.6 is 35.7 Å². The number of halogens is 1. The van der Waals surface area contributed by atoms with Gasteiger partial charge in [-0.1, -0.05) is 0 Å². The van der Waals surface area contributed by atoms with E-state index in [1.165, 1.54) is 6.42 Å². The second kappa shape index (κ2) is 12.6. The quantitative estimate of drug-likeness (QED) is 0.256. The molecule has 3 atom stereocenters. The monoisotopic (exact) mass is 520 g/mol. The van der Waals surface area contributed by atoms with E-state index >= 15 is 0 Å². The first-order chi connectivity index (χ1) is 12.0. The Morgan fingerprint density at radius 2 is 2.08 bits per heavy atom. The Bertz CT molecular complexity index is 528. The van der Waals surface area contributed by atoms with Gasteiger partial charge in [-0.3, -0.25) is 4.99 Å². The van der Waals surface area contributed by atoms with Crippen molar-refractivity contribution in [3.05, 3.63) is 0 Å². The third-order valence-electron chi connectivity index (χ3n) is 4.75. The highest BCUT2D eigenvalue weighted by Gasteiger charge is 2.24. The van der Waals surface area contributed by atoms with Crippen LogP contribution in [0.25, 0.3) is 0 Å². The molecule has 0 amide bonds. The van der Waals surface area contributed by atoms with Gasteiger partial charge in [-0.05, 0) is 44.8 Å². The van der Waals surface area contributed by atoms with E-state index in [1.807, 2.05) is 11.8 Å². The maximum atomic E-state index is 12.1. The Morgan fingerprint density at radius 1 is 1.27 bits per heavy atom. The molecular formula is C16H33IN4O3S2. The second-order valence-electron chi connectivity index (χ2n) is 6.67. The van der Waals surface area contributed by atoms with Crippen molar-refractivity contribution in [1.29, 1.82) is 0 Å². The minimum absolute atomic E-state index is 0. The third kappa shape index (κ3) is 8.94. The van der Waals surface area contributed by atoms with Gasteiger partial charge in [0.15, 0.2) is 5.96 Å². The van der Waals surface area contributed by atoms with E-state index in [0.717, 1.165) is 38.7 Å². The Morgan fingerprint density at radius 3 is 2.69 bits per heavy atom. The minimum atomic E-state index is -3.30. The highest BCUT2D eigenvalue weighted by atomic mass is 127. The lowest BCUT2D eigenvalue weighted by Crippen LogP contribution is -2.45. The zero-order valence-corrected chi connectivity index (χ0v) is 19.7. The first-order valence-electron chi connectivity index (χ1n) is 9.11. The zero-order valence-electron chi connectivity index (χ0n) is 15.7. The van der Waals surface area contributed by atoms with Crippen LogP contribution in [-0.2, 0) is 14.8 Å². The fourth-order valence-corrected chi connectivity index (χ4v) is 4.99. The number of rotatable bonds is 8. The zero-order chi connectivity index (χ0) is 18.1. The van der Waals surface area contributed by atoms with Crippen LogP contribution in [0.4, 0.5) is 0 Å². The van der Waals surface area contributed by atoms with E-state index in [1.54, 1.807) is 7.05 Å². The standard InChI is InChI=1S/C16H32N4O3S2.HI/c1-17-16(20-13-6-7-15(11-13)24-2)18-8-10-25(21,22)19-12-14-5-3-4-9-23-14;/h13-15,19H,3-12H2,1-2H3,(H2,17,18,20);1H. The summed E-state index contributed by atoms with van der Waals surface area (Å²) >= 11 is 1.91. The molecule has 1 saturated heterocycles. The van der Waals surface area contributed by atoms with Crippen molar-refractivity contribution in [2.24, 2.45) is 4.99 Å². The normalized spacial score (nSPS) is 27.0. The molecular weight excluding hydrogens is 487 g/mol. The number of nitrogens with zero attached hydrogens (tertiary/aromatic N) is 1. The summed E-state index contributed by atoms with van der Waals surface area (Å²) in [6, 6.07) is 0.418. The molecule has 26 heavy (non-hydrogen) atoms. The molecule has 154 valence electrons. The molecule has 2 rings (SSSR count). The van der Waals surface area contributed by atoms with Crippen LogP contribution < -0.4 is 15.4 Å². The van der Waals surface area contributed by atoms with Crippen molar-refractivity contribution in [2.45, 2.75) is 55.9 Å². The molecule has 1 heterocycles. The van der Waals surface area contributed by atoms with Crippen molar-refractivity contribution >= 4 is 51.7 Å². The Hall–Kier alpha value is 0.220. The molecule has 3 N–H and O–H groups in total. The van der Waals surface area contributed by atoms with Crippen molar-refractivity contribution in [2.75, 3.05) is 38.8 Å². The van der Waals surface area contributed by atoms with Gasteiger partial charge in [0.1, 0.15) is 0 Å². The number of hydrogen-bond acceptors (Lipinski definition) is 5. The lowest BCUT2D eigenvalue weighted by Gasteiger charge is -2.22. The number of guanidine groups is 1. The lowest BCUT2D eigenvalue weighted by molar-refractivity contribution is 0.0200. The molecule has 7 nitrogen and oxygen atoms in total. The van der Waals surface area contributed by atoms with Crippen LogP contribution in [0.2, 0.25) is 0 Å². The van der Waals surface area contributed by atoms with Gasteiger partial charge in [0.25, 0.3) is 0 Å². The molecule has 10 heteroatoms. The number of nitrogens with one attached hydrogen (secondary N) is 3. The fourth-order valence-electron chi connectivity index (χ4n) is 3.24. The Balaban J connectivity index is 0.00000338. The maximum Gasteiger partial charge on any atom is 0.213 e. The summed E-state index contributed by atoms with van der Waals surface area (Å²) in [5.41, 5.74) is 0. The summed E-state index contributed by atoms with van der Waals surface area (Å²) in [6.07, 6.45) is 8.74.